The first-order valence-electron chi connectivity index (χ1n) is 6.99. The lowest BCUT2D eigenvalue weighted by molar-refractivity contribution is 0.105. The van der Waals surface area contributed by atoms with Gasteiger partial charge in [0.1, 0.15) is 11.9 Å². The highest BCUT2D eigenvalue weighted by Crippen LogP contribution is 2.40. The zero-order chi connectivity index (χ0) is 12.5. The molecule has 0 radical (unpaired) electrons. The molecule has 2 nitrogen and oxygen atoms in total. The zero-order valence-electron chi connectivity index (χ0n) is 10.8. The average molecular weight is 266 g/mol. The highest BCUT2D eigenvalue weighted by Gasteiger charge is 2.35. The van der Waals surface area contributed by atoms with E-state index < -0.39 is 0 Å². The van der Waals surface area contributed by atoms with Crippen LogP contribution in [0, 0.1) is 5.92 Å². The van der Waals surface area contributed by atoms with Gasteiger partial charge in [0.15, 0.2) is 0 Å². The molecule has 3 heteroatoms. The molecule has 98 valence electrons. The summed E-state index contributed by atoms with van der Waals surface area (Å²) in [7, 11) is 0. The molecule has 0 amide bonds. The van der Waals surface area contributed by atoms with Gasteiger partial charge in [0.2, 0.25) is 0 Å². The molecule has 2 aliphatic rings. The van der Waals surface area contributed by atoms with Crippen LogP contribution in [0.2, 0.25) is 5.02 Å². The van der Waals surface area contributed by atoms with E-state index in [2.05, 4.69) is 12.2 Å². The Morgan fingerprint density at radius 1 is 1.39 bits per heavy atom. The Balaban J connectivity index is 1.76. The lowest BCUT2D eigenvalue weighted by Gasteiger charge is -2.41. The highest BCUT2D eigenvalue weighted by atomic mass is 35.5. The molecule has 0 saturated heterocycles. The van der Waals surface area contributed by atoms with Gasteiger partial charge in [0.05, 0.1) is 11.7 Å². The topological polar surface area (TPSA) is 21.3 Å². The third-order valence-corrected chi connectivity index (χ3v) is 4.39. The van der Waals surface area contributed by atoms with Crippen molar-refractivity contribution in [2.24, 2.45) is 5.92 Å². The molecule has 1 aliphatic heterocycles. The SMILES string of the molecule is CCCC1CCC2Oc3cc(Cl)ccc3NC2C1. The van der Waals surface area contributed by atoms with Crippen LogP contribution < -0.4 is 10.1 Å². The normalized spacial score (nSPS) is 29.8. The first kappa shape index (κ1) is 12.2. The lowest BCUT2D eigenvalue weighted by Crippen LogP contribution is -2.45. The van der Waals surface area contributed by atoms with Crippen LogP contribution in [-0.4, -0.2) is 12.1 Å². The number of halogens is 1. The molecule has 1 aromatic rings. The van der Waals surface area contributed by atoms with Crippen molar-refractivity contribution in [1.29, 1.82) is 0 Å². The Labute approximate surface area is 114 Å². The smallest absolute Gasteiger partial charge is 0.144 e. The van der Waals surface area contributed by atoms with E-state index in [-0.39, 0.29) is 0 Å². The molecule has 1 saturated carbocycles. The van der Waals surface area contributed by atoms with Crippen LogP contribution in [0.4, 0.5) is 5.69 Å². The molecule has 3 rings (SSSR count). The van der Waals surface area contributed by atoms with Crippen LogP contribution in [-0.2, 0) is 0 Å². The Kier molecular flexibility index (Phi) is 3.38. The van der Waals surface area contributed by atoms with E-state index in [1.165, 1.54) is 25.7 Å². The summed E-state index contributed by atoms with van der Waals surface area (Å²) in [5, 5.41) is 4.38. The second-order valence-corrected chi connectivity index (χ2v) is 5.95. The van der Waals surface area contributed by atoms with E-state index in [0.29, 0.717) is 12.1 Å². The van der Waals surface area contributed by atoms with Crippen molar-refractivity contribution in [1.82, 2.24) is 0 Å². The number of nitrogens with one attached hydrogen (secondary N) is 1. The Hall–Kier alpha value is -0.890. The van der Waals surface area contributed by atoms with Gasteiger partial charge in [0.25, 0.3) is 0 Å². The number of hydrogen-bond donors (Lipinski definition) is 1. The standard InChI is InChI=1S/C15H20ClNO/c1-2-3-10-4-7-14-13(8-10)17-12-6-5-11(16)9-15(12)18-14/h5-6,9-10,13-14,17H,2-4,7-8H2,1H3. The van der Waals surface area contributed by atoms with Crippen molar-refractivity contribution in [3.63, 3.8) is 0 Å². The minimum Gasteiger partial charge on any atom is -0.486 e. The van der Waals surface area contributed by atoms with Gasteiger partial charge in [-0.15, -0.1) is 0 Å². The fraction of sp³-hybridized carbons (Fsp3) is 0.600. The Morgan fingerprint density at radius 3 is 3.11 bits per heavy atom. The number of benzene rings is 1. The molecule has 1 heterocycles. The maximum absolute atomic E-state index is 6.10. The summed E-state index contributed by atoms with van der Waals surface area (Å²) >= 11 is 6.01. The molecule has 18 heavy (non-hydrogen) atoms. The maximum atomic E-state index is 6.10. The summed E-state index contributed by atoms with van der Waals surface area (Å²) in [5.74, 6) is 1.78. The third-order valence-electron chi connectivity index (χ3n) is 4.16. The Morgan fingerprint density at radius 2 is 2.28 bits per heavy atom. The predicted molar refractivity (Wildman–Crippen MR) is 75.5 cm³/mol. The second kappa shape index (κ2) is 5.00. The molecule has 1 aliphatic carbocycles. The predicted octanol–water partition coefficient (Wildman–Crippen LogP) is 4.48. The largest absolute Gasteiger partial charge is 0.486 e. The average Bonchev–Trinajstić information content (AvgIpc) is 2.37. The molecular formula is C15H20ClNO. The van der Waals surface area contributed by atoms with Crippen LogP contribution in [0.1, 0.15) is 39.0 Å². The first-order valence-corrected chi connectivity index (χ1v) is 7.37. The molecule has 0 bridgehead atoms. The molecule has 1 fully saturated rings. The summed E-state index contributed by atoms with van der Waals surface area (Å²) in [5.41, 5.74) is 1.10. The zero-order valence-corrected chi connectivity index (χ0v) is 11.5. The minimum atomic E-state index is 0.323. The van der Waals surface area contributed by atoms with E-state index in [1.54, 1.807) is 0 Å². The van der Waals surface area contributed by atoms with Gasteiger partial charge in [0, 0.05) is 11.1 Å². The maximum Gasteiger partial charge on any atom is 0.144 e. The Bertz CT molecular complexity index is 435. The van der Waals surface area contributed by atoms with Gasteiger partial charge in [-0.3, -0.25) is 0 Å². The van der Waals surface area contributed by atoms with Gasteiger partial charge in [-0.05, 0) is 37.3 Å². The van der Waals surface area contributed by atoms with Crippen molar-refractivity contribution in [3.8, 4) is 5.75 Å². The molecule has 1 aromatic carbocycles. The summed E-state index contributed by atoms with van der Waals surface area (Å²) in [6, 6.07) is 6.34. The quantitative estimate of drug-likeness (QED) is 0.851. The fourth-order valence-electron chi connectivity index (χ4n) is 3.27. The van der Waals surface area contributed by atoms with Gasteiger partial charge in [-0.25, -0.2) is 0 Å². The number of fused-ring (bicyclic) bond motifs is 2. The van der Waals surface area contributed by atoms with E-state index in [0.717, 1.165) is 28.8 Å². The lowest BCUT2D eigenvalue weighted by atomic mass is 9.80. The van der Waals surface area contributed by atoms with Crippen molar-refractivity contribution in [2.75, 3.05) is 5.32 Å². The summed E-state index contributed by atoms with van der Waals surface area (Å²) in [4.78, 5) is 0. The first-order chi connectivity index (χ1) is 8.76. The summed E-state index contributed by atoms with van der Waals surface area (Å²) in [6.07, 6.45) is 6.65. The van der Waals surface area contributed by atoms with E-state index in [9.17, 15) is 0 Å². The number of rotatable bonds is 2. The summed E-state index contributed by atoms with van der Waals surface area (Å²) < 4.78 is 6.10. The molecule has 1 N–H and O–H groups in total. The second-order valence-electron chi connectivity index (χ2n) is 5.52. The van der Waals surface area contributed by atoms with E-state index >= 15 is 0 Å². The van der Waals surface area contributed by atoms with Crippen molar-refractivity contribution >= 4 is 17.3 Å². The van der Waals surface area contributed by atoms with Crippen molar-refractivity contribution in [3.05, 3.63) is 23.2 Å². The van der Waals surface area contributed by atoms with Gasteiger partial charge < -0.3 is 10.1 Å². The number of hydrogen-bond acceptors (Lipinski definition) is 2. The van der Waals surface area contributed by atoms with Crippen LogP contribution in [0.15, 0.2) is 18.2 Å². The van der Waals surface area contributed by atoms with Gasteiger partial charge in [-0.1, -0.05) is 31.4 Å². The molecule has 3 atom stereocenters. The molecule has 0 spiro atoms. The molecule has 0 aromatic heterocycles. The fourth-order valence-corrected chi connectivity index (χ4v) is 3.43. The minimum absolute atomic E-state index is 0.323. The van der Waals surface area contributed by atoms with Crippen molar-refractivity contribution < 1.29 is 4.74 Å². The van der Waals surface area contributed by atoms with E-state index in [1.807, 2.05) is 18.2 Å². The third kappa shape index (κ3) is 2.31. The molecule has 3 unspecified atom stereocenters. The summed E-state index contributed by atoms with van der Waals surface area (Å²) in [6.45, 7) is 2.27. The molecular weight excluding hydrogens is 246 g/mol. The van der Waals surface area contributed by atoms with Crippen LogP contribution in [0.3, 0.4) is 0 Å². The van der Waals surface area contributed by atoms with Crippen LogP contribution >= 0.6 is 11.6 Å². The highest BCUT2D eigenvalue weighted by molar-refractivity contribution is 6.30. The monoisotopic (exact) mass is 265 g/mol. The van der Waals surface area contributed by atoms with Crippen LogP contribution in [0.25, 0.3) is 0 Å². The number of anilines is 1. The number of ether oxygens (including phenoxy) is 1. The van der Waals surface area contributed by atoms with Gasteiger partial charge in [-0.2, -0.15) is 0 Å². The van der Waals surface area contributed by atoms with Gasteiger partial charge >= 0.3 is 0 Å². The van der Waals surface area contributed by atoms with Crippen LogP contribution in [0.5, 0.6) is 5.75 Å². The van der Waals surface area contributed by atoms with E-state index in [4.69, 9.17) is 16.3 Å². The van der Waals surface area contributed by atoms with Crippen molar-refractivity contribution in [2.45, 2.75) is 51.2 Å².